The van der Waals surface area contributed by atoms with Gasteiger partial charge >= 0.3 is 0 Å². The first-order chi connectivity index (χ1) is 9.60. The lowest BCUT2D eigenvalue weighted by molar-refractivity contribution is 0.0934. The van der Waals surface area contributed by atoms with E-state index in [1.165, 1.54) is 0 Å². The van der Waals surface area contributed by atoms with Crippen molar-refractivity contribution in [3.63, 3.8) is 0 Å². The van der Waals surface area contributed by atoms with Crippen molar-refractivity contribution in [2.45, 2.75) is 26.7 Å². The van der Waals surface area contributed by atoms with Gasteiger partial charge in [0.05, 0.1) is 6.61 Å². The number of hydrogen-bond acceptors (Lipinski definition) is 5. The van der Waals surface area contributed by atoms with Crippen molar-refractivity contribution in [3.05, 3.63) is 23.4 Å². The monoisotopic (exact) mass is 280 g/mol. The highest BCUT2D eigenvalue weighted by molar-refractivity contribution is 5.95. The number of methoxy groups -OCH3 is 1. The molecular weight excluding hydrogens is 256 g/mol. The third-order valence-electron chi connectivity index (χ3n) is 2.86. The van der Waals surface area contributed by atoms with Crippen molar-refractivity contribution in [3.8, 4) is 0 Å². The summed E-state index contributed by atoms with van der Waals surface area (Å²) >= 11 is 0. The number of amides is 1. The Balaban J connectivity index is 2.73. The standard InChI is InChI=1S/C14H24N4O2/c1-4-5-12-6-11(7-13(17-12)18-15)14(19)16-8-10(2)9-20-3/h6-7,10H,4-5,8-9,15H2,1-3H3,(H,16,19)(H,17,18). The summed E-state index contributed by atoms with van der Waals surface area (Å²) in [6.45, 7) is 5.28. The van der Waals surface area contributed by atoms with E-state index in [0.29, 0.717) is 24.5 Å². The van der Waals surface area contributed by atoms with Crippen LogP contribution in [0, 0.1) is 5.92 Å². The number of anilines is 1. The lowest BCUT2D eigenvalue weighted by Gasteiger charge is -2.12. The summed E-state index contributed by atoms with van der Waals surface area (Å²) < 4.78 is 5.04. The zero-order valence-electron chi connectivity index (χ0n) is 12.4. The van der Waals surface area contributed by atoms with Crippen molar-refractivity contribution in [1.29, 1.82) is 0 Å². The lowest BCUT2D eigenvalue weighted by Crippen LogP contribution is -2.30. The second-order valence-electron chi connectivity index (χ2n) is 4.90. The number of hydrogen-bond donors (Lipinski definition) is 3. The Morgan fingerprint density at radius 3 is 2.85 bits per heavy atom. The molecule has 1 amide bonds. The molecule has 0 aliphatic heterocycles. The summed E-state index contributed by atoms with van der Waals surface area (Å²) in [7, 11) is 1.65. The molecule has 4 N–H and O–H groups in total. The summed E-state index contributed by atoms with van der Waals surface area (Å²) in [4.78, 5) is 16.4. The van der Waals surface area contributed by atoms with Crippen molar-refractivity contribution in [2.75, 3.05) is 25.7 Å². The Kier molecular flexibility index (Phi) is 6.97. The van der Waals surface area contributed by atoms with Gasteiger partial charge in [0.25, 0.3) is 5.91 Å². The summed E-state index contributed by atoms with van der Waals surface area (Å²) in [6, 6.07) is 3.45. The average Bonchev–Trinajstić information content (AvgIpc) is 2.45. The molecule has 20 heavy (non-hydrogen) atoms. The smallest absolute Gasteiger partial charge is 0.251 e. The minimum atomic E-state index is -0.121. The number of hydrazine groups is 1. The van der Waals surface area contributed by atoms with Gasteiger partial charge in [-0.1, -0.05) is 20.3 Å². The van der Waals surface area contributed by atoms with E-state index in [4.69, 9.17) is 10.6 Å². The summed E-state index contributed by atoms with van der Waals surface area (Å²) in [5, 5.41) is 2.89. The van der Waals surface area contributed by atoms with E-state index >= 15 is 0 Å². The van der Waals surface area contributed by atoms with Gasteiger partial charge in [0.1, 0.15) is 5.82 Å². The topological polar surface area (TPSA) is 89.3 Å². The van der Waals surface area contributed by atoms with Gasteiger partial charge < -0.3 is 15.5 Å². The maximum Gasteiger partial charge on any atom is 0.251 e. The highest BCUT2D eigenvalue weighted by Crippen LogP contribution is 2.11. The molecule has 0 fully saturated rings. The van der Waals surface area contributed by atoms with Crippen molar-refractivity contribution < 1.29 is 9.53 Å². The van der Waals surface area contributed by atoms with Gasteiger partial charge in [-0.15, -0.1) is 0 Å². The number of carbonyl (C=O) groups excluding carboxylic acids is 1. The van der Waals surface area contributed by atoms with Crippen LogP contribution in [0.25, 0.3) is 0 Å². The van der Waals surface area contributed by atoms with Gasteiger partial charge in [0.2, 0.25) is 0 Å². The quantitative estimate of drug-likeness (QED) is 0.494. The second-order valence-corrected chi connectivity index (χ2v) is 4.90. The highest BCUT2D eigenvalue weighted by Gasteiger charge is 2.11. The molecule has 1 unspecified atom stereocenters. The first-order valence-electron chi connectivity index (χ1n) is 6.85. The fourth-order valence-corrected chi connectivity index (χ4v) is 1.89. The summed E-state index contributed by atoms with van der Waals surface area (Å²) in [5.41, 5.74) is 3.92. The molecule has 0 spiro atoms. The molecule has 1 aromatic rings. The number of ether oxygens (including phenoxy) is 1. The van der Waals surface area contributed by atoms with Gasteiger partial charge in [-0.05, 0) is 24.5 Å². The predicted molar refractivity (Wildman–Crippen MR) is 79.4 cm³/mol. The number of nitrogens with one attached hydrogen (secondary N) is 2. The summed E-state index contributed by atoms with van der Waals surface area (Å²) in [5.74, 6) is 6.04. The fraction of sp³-hybridized carbons (Fsp3) is 0.571. The first-order valence-corrected chi connectivity index (χ1v) is 6.85. The molecular formula is C14H24N4O2. The Hall–Kier alpha value is -1.66. The van der Waals surface area contributed by atoms with Crippen LogP contribution in [0.1, 0.15) is 36.3 Å². The van der Waals surface area contributed by atoms with Crippen LogP contribution in [-0.2, 0) is 11.2 Å². The molecule has 0 radical (unpaired) electrons. The first kappa shape index (κ1) is 16.4. The largest absolute Gasteiger partial charge is 0.384 e. The molecule has 1 rings (SSSR count). The van der Waals surface area contributed by atoms with Gasteiger partial charge in [-0.2, -0.15) is 0 Å². The molecule has 6 heteroatoms. The zero-order valence-corrected chi connectivity index (χ0v) is 12.4. The van der Waals surface area contributed by atoms with E-state index < -0.39 is 0 Å². The van der Waals surface area contributed by atoms with Crippen LogP contribution in [0.5, 0.6) is 0 Å². The number of aryl methyl sites for hydroxylation is 1. The molecule has 1 atom stereocenters. The van der Waals surface area contributed by atoms with E-state index in [1.54, 1.807) is 19.2 Å². The van der Waals surface area contributed by atoms with Crippen LogP contribution >= 0.6 is 0 Å². The van der Waals surface area contributed by atoms with Crippen LogP contribution in [0.4, 0.5) is 5.82 Å². The number of pyridine rings is 1. The highest BCUT2D eigenvalue weighted by atomic mass is 16.5. The molecule has 1 aromatic heterocycles. The molecule has 1 heterocycles. The van der Waals surface area contributed by atoms with E-state index in [-0.39, 0.29) is 11.8 Å². The molecule has 0 saturated carbocycles. The molecule has 0 aromatic carbocycles. The van der Waals surface area contributed by atoms with Crippen molar-refractivity contribution >= 4 is 11.7 Å². The number of aromatic nitrogens is 1. The molecule has 6 nitrogen and oxygen atoms in total. The SMILES string of the molecule is CCCc1cc(C(=O)NCC(C)COC)cc(NN)n1. The van der Waals surface area contributed by atoms with E-state index in [0.717, 1.165) is 18.5 Å². The van der Waals surface area contributed by atoms with Crippen LogP contribution in [0.3, 0.4) is 0 Å². The maximum absolute atomic E-state index is 12.1. The van der Waals surface area contributed by atoms with Crippen LogP contribution in [-0.4, -0.2) is 31.2 Å². The number of nitrogens with zero attached hydrogens (tertiary/aromatic N) is 1. The Morgan fingerprint density at radius 1 is 1.50 bits per heavy atom. The Bertz CT molecular complexity index is 437. The number of nitrogens with two attached hydrogens (primary N) is 1. The maximum atomic E-state index is 12.1. The van der Waals surface area contributed by atoms with E-state index in [2.05, 4.69) is 22.7 Å². The number of carbonyl (C=O) groups is 1. The average molecular weight is 280 g/mol. The van der Waals surface area contributed by atoms with Gasteiger partial charge in [-0.3, -0.25) is 4.79 Å². The van der Waals surface area contributed by atoms with Gasteiger partial charge in [-0.25, -0.2) is 10.8 Å². The summed E-state index contributed by atoms with van der Waals surface area (Å²) in [6.07, 6.45) is 1.78. The predicted octanol–water partition coefficient (Wildman–Crippen LogP) is 1.33. The van der Waals surface area contributed by atoms with Crippen molar-refractivity contribution in [2.24, 2.45) is 11.8 Å². The second kappa shape index (κ2) is 8.50. The lowest BCUT2D eigenvalue weighted by atomic mass is 10.1. The van der Waals surface area contributed by atoms with E-state index in [1.807, 2.05) is 6.92 Å². The zero-order chi connectivity index (χ0) is 15.0. The normalized spacial score (nSPS) is 12.0. The third-order valence-corrected chi connectivity index (χ3v) is 2.86. The molecule has 0 saturated heterocycles. The Morgan fingerprint density at radius 2 is 2.25 bits per heavy atom. The van der Waals surface area contributed by atoms with E-state index in [9.17, 15) is 4.79 Å². The fourth-order valence-electron chi connectivity index (χ4n) is 1.89. The molecule has 112 valence electrons. The molecule has 0 aliphatic rings. The van der Waals surface area contributed by atoms with Crippen LogP contribution < -0.4 is 16.6 Å². The third kappa shape index (κ3) is 5.14. The molecule has 0 aliphatic carbocycles. The Labute approximate surface area is 120 Å². The molecule has 0 bridgehead atoms. The van der Waals surface area contributed by atoms with Crippen LogP contribution in [0.2, 0.25) is 0 Å². The minimum Gasteiger partial charge on any atom is -0.384 e. The minimum absolute atomic E-state index is 0.121. The van der Waals surface area contributed by atoms with Gasteiger partial charge in [0.15, 0.2) is 0 Å². The number of nitrogen functional groups attached to an aromatic ring is 1. The van der Waals surface area contributed by atoms with Gasteiger partial charge in [0, 0.05) is 24.9 Å². The number of rotatable bonds is 8. The van der Waals surface area contributed by atoms with Crippen LogP contribution in [0.15, 0.2) is 12.1 Å². The van der Waals surface area contributed by atoms with Crippen molar-refractivity contribution in [1.82, 2.24) is 10.3 Å².